The molecule has 0 fully saturated rings. The molecule has 0 aliphatic heterocycles. The van der Waals surface area contributed by atoms with Gasteiger partial charge in [-0.1, -0.05) is 42.5 Å². The number of benzene rings is 2. The second-order valence-electron chi connectivity index (χ2n) is 6.12. The van der Waals surface area contributed by atoms with E-state index in [4.69, 9.17) is 0 Å². The molecule has 0 N–H and O–H groups in total. The van der Waals surface area contributed by atoms with Crippen molar-refractivity contribution in [2.75, 3.05) is 0 Å². The summed E-state index contributed by atoms with van der Waals surface area (Å²) in [6, 6.07) is 22.0. The van der Waals surface area contributed by atoms with E-state index in [2.05, 4.69) is 26.0 Å². The van der Waals surface area contributed by atoms with Crippen molar-refractivity contribution in [3.8, 4) is 0 Å². The van der Waals surface area contributed by atoms with Crippen LogP contribution in [0.5, 0.6) is 0 Å². The largest absolute Gasteiger partial charge is 0.618 e. The summed E-state index contributed by atoms with van der Waals surface area (Å²) in [5.74, 6) is 0. The monoisotopic (exact) mass is 277 g/mol. The number of aromatic nitrogens is 1. The molecule has 0 saturated heterocycles. The summed E-state index contributed by atoms with van der Waals surface area (Å²) in [5.41, 5.74) is 2.57. The Morgan fingerprint density at radius 1 is 0.857 bits per heavy atom. The fraction of sp³-hybridized carbons (Fsp3) is 0.211. The number of nitrogens with zero attached hydrogens (tertiary/aromatic N) is 1. The van der Waals surface area contributed by atoms with Gasteiger partial charge in [0, 0.05) is 17.5 Å². The van der Waals surface area contributed by atoms with Crippen LogP contribution in [0.25, 0.3) is 10.9 Å². The second-order valence-corrected chi connectivity index (χ2v) is 6.12. The summed E-state index contributed by atoms with van der Waals surface area (Å²) in [5, 5.41) is 13.7. The Balaban J connectivity index is 2.04. The topological polar surface area (TPSA) is 26.9 Å². The van der Waals surface area contributed by atoms with Crippen LogP contribution in [0.2, 0.25) is 0 Å². The number of para-hydroxylation sites is 1. The summed E-state index contributed by atoms with van der Waals surface area (Å²) >= 11 is 0. The van der Waals surface area contributed by atoms with Crippen LogP contribution in [0.4, 0.5) is 0 Å². The van der Waals surface area contributed by atoms with Crippen molar-refractivity contribution in [2.24, 2.45) is 0 Å². The van der Waals surface area contributed by atoms with Crippen LogP contribution >= 0.6 is 0 Å². The van der Waals surface area contributed by atoms with E-state index >= 15 is 0 Å². The van der Waals surface area contributed by atoms with E-state index in [-0.39, 0.29) is 5.41 Å². The first-order valence-corrected chi connectivity index (χ1v) is 7.24. The molecule has 3 rings (SSSR count). The standard InChI is InChI=1S/C19H19NO/c1-19(2,14-15-8-4-3-5-9-15)18-13-12-16-10-6-7-11-17(16)20(18)21/h3-13H,14H2,1-2H3. The number of pyridine rings is 1. The van der Waals surface area contributed by atoms with Crippen LogP contribution in [0, 0.1) is 5.21 Å². The minimum absolute atomic E-state index is 0.215. The lowest BCUT2D eigenvalue weighted by atomic mass is 9.82. The first-order chi connectivity index (χ1) is 10.1. The highest BCUT2D eigenvalue weighted by atomic mass is 16.5. The summed E-state index contributed by atoms with van der Waals surface area (Å²) < 4.78 is 1.08. The van der Waals surface area contributed by atoms with E-state index < -0.39 is 0 Å². The average Bonchev–Trinajstić information content (AvgIpc) is 2.48. The first-order valence-electron chi connectivity index (χ1n) is 7.24. The fourth-order valence-corrected chi connectivity index (χ4v) is 2.88. The van der Waals surface area contributed by atoms with Crippen LogP contribution in [-0.4, -0.2) is 0 Å². The molecule has 21 heavy (non-hydrogen) atoms. The molecule has 1 aromatic heterocycles. The normalized spacial score (nSPS) is 11.7. The minimum Gasteiger partial charge on any atom is -0.618 e. The van der Waals surface area contributed by atoms with Gasteiger partial charge >= 0.3 is 0 Å². The molecule has 0 amide bonds. The number of fused-ring (bicyclic) bond motifs is 1. The van der Waals surface area contributed by atoms with Crippen molar-refractivity contribution in [2.45, 2.75) is 25.7 Å². The van der Waals surface area contributed by atoms with E-state index in [1.54, 1.807) is 0 Å². The van der Waals surface area contributed by atoms with Crippen molar-refractivity contribution in [3.63, 3.8) is 0 Å². The van der Waals surface area contributed by atoms with Gasteiger partial charge < -0.3 is 5.21 Å². The number of hydrogen-bond donors (Lipinski definition) is 0. The lowest BCUT2D eigenvalue weighted by Crippen LogP contribution is -2.41. The quantitative estimate of drug-likeness (QED) is 0.525. The maximum Gasteiger partial charge on any atom is 0.223 e. The van der Waals surface area contributed by atoms with E-state index in [0.717, 1.165) is 27.7 Å². The third-order valence-corrected chi connectivity index (χ3v) is 3.98. The molecule has 0 unspecified atom stereocenters. The lowest BCUT2D eigenvalue weighted by molar-refractivity contribution is -0.590. The predicted octanol–water partition coefficient (Wildman–Crippen LogP) is 3.99. The maximum absolute atomic E-state index is 12.7. The SMILES string of the molecule is CC(C)(Cc1ccccc1)c1ccc2ccccc2[n+]1[O-]. The second kappa shape index (κ2) is 5.21. The smallest absolute Gasteiger partial charge is 0.223 e. The zero-order valence-electron chi connectivity index (χ0n) is 12.4. The Bertz CT molecular complexity index is 763. The third-order valence-electron chi connectivity index (χ3n) is 3.98. The Morgan fingerprint density at radius 2 is 1.52 bits per heavy atom. The van der Waals surface area contributed by atoms with Gasteiger partial charge in [-0.05, 0) is 38.0 Å². The molecule has 0 radical (unpaired) electrons. The molecule has 2 aromatic carbocycles. The molecular formula is C19H19NO. The summed E-state index contributed by atoms with van der Waals surface area (Å²) in [6.07, 6.45) is 0.842. The maximum atomic E-state index is 12.7. The van der Waals surface area contributed by atoms with Crippen LogP contribution in [0.3, 0.4) is 0 Å². The summed E-state index contributed by atoms with van der Waals surface area (Å²) in [7, 11) is 0. The molecule has 3 aromatic rings. The van der Waals surface area contributed by atoms with Crippen molar-refractivity contribution in [1.29, 1.82) is 0 Å². The lowest BCUT2D eigenvalue weighted by Gasteiger charge is -2.24. The molecule has 106 valence electrons. The zero-order valence-corrected chi connectivity index (χ0v) is 12.4. The Morgan fingerprint density at radius 3 is 2.29 bits per heavy atom. The number of hydrogen-bond acceptors (Lipinski definition) is 1. The molecule has 0 spiro atoms. The fourth-order valence-electron chi connectivity index (χ4n) is 2.88. The highest BCUT2D eigenvalue weighted by Gasteiger charge is 2.29. The van der Waals surface area contributed by atoms with Gasteiger partial charge in [0.2, 0.25) is 5.52 Å². The molecule has 1 heterocycles. The Hall–Kier alpha value is -2.35. The zero-order chi connectivity index (χ0) is 14.9. The molecule has 0 bridgehead atoms. The van der Waals surface area contributed by atoms with Gasteiger partial charge in [-0.2, -0.15) is 4.73 Å². The van der Waals surface area contributed by atoms with Crippen molar-refractivity contribution in [3.05, 3.63) is 83.2 Å². The van der Waals surface area contributed by atoms with Crippen LogP contribution < -0.4 is 4.73 Å². The molecular weight excluding hydrogens is 258 g/mol. The van der Waals surface area contributed by atoms with E-state index in [1.807, 2.05) is 54.6 Å². The molecule has 0 atom stereocenters. The van der Waals surface area contributed by atoms with Gasteiger partial charge in [-0.25, -0.2) is 0 Å². The van der Waals surface area contributed by atoms with Gasteiger partial charge in [-0.15, -0.1) is 0 Å². The minimum atomic E-state index is -0.215. The highest BCUT2D eigenvalue weighted by molar-refractivity contribution is 5.75. The molecule has 0 saturated carbocycles. The van der Waals surface area contributed by atoms with Gasteiger partial charge in [-0.3, -0.25) is 0 Å². The first kappa shape index (κ1) is 13.6. The van der Waals surface area contributed by atoms with E-state index in [9.17, 15) is 5.21 Å². The average molecular weight is 277 g/mol. The molecule has 2 nitrogen and oxygen atoms in total. The highest BCUT2D eigenvalue weighted by Crippen LogP contribution is 2.26. The van der Waals surface area contributed by atoms with Crippen molar-refractivity contribution >= 4 is 10.9 Å². The van der Waals surface area contributed by atoms with Gasteiger partial charge in [0.15, 0.2) is 5.69 Å². The van der Waals surface area contributed by atoms with Crippen molar-refractivity contribution < 1.29 is 4.73 Å². The van der Waals surface area contributed by atoms with Crippen LogP contribution in [0.1, 0.15) is 25.1 Å². The van der Waals surface area contributed by atoms with Crippen molar-refractivity contribution in [1.82, 2.24) is 0 Å². The summed E-state index contributed by atoms with van der Waals surface area (Å²) in [6.45, 7) is 4.25. The third kappa shape index (κ3) is 2.62. The number of rotatable bonds is 3. The van der Waals surface area contributed by atoms with E-state index in [0.29, 0.717) is 0 Å². The van der Waals surface area contributed by atoms with Gasteiger partial charge in [0.25, 0.3) is 0 Å². The van der Waals surface area contributed by atoms with E-state index in [1.165, 1.54) is 5.56 Å². The summed E-state index contributed by atoms with van der Waals surface area (Å²) in [4.78, 5) is 0. The molecule has 0 aliphatic rings. The Labute approximate surface area is 125 Å². The van der Waals surface area contributed by atoms with Crippen LogP contribution in [-0.2, 0) is 11.8 Å². The van der Waals surface area contributed by atoms with Gasteiger partial charge in [0.05, 0.1) is 5.41 Å². The Kier molecular flexibility index (Phi) is 3.38. The van der Waals surface area contributed by atoms with Crippen LogP contribution in [0.15, 0.2) is 66.7 Å². The predicted molar refractivity (Wildman–Crippen MR) is 86.1 cm³/mol. The molecule has 2 heteroatoms. The molecule has 0 aliphatic carbocycles. The van der Waals surface area contributed by atoms with Gasteiger partial charge in [0.1, 0.15) is 0 Å².